The van der Waals surface area contributed by atoms with Crippen molar-refractivity contribution in [1.29, 1.82) is 5.26 Å². The SMILES string of the molecule is CCN(CCOC)c1cccc(Cl)c1C#N. The molecule has 0 unspecified atom stereocenters. The van der Waals surface area contributed by atoms with Crippen LogP contribution in [-0.2, 0) is 4.74 Å². The fourth-order valence-electron chi connectivity index (χ4n) is 1.54. The molecule has 4 heteroatoms. The van der Waals surface area contributed by atoms with Crippen molar-refractivity contribution in [3.8, 4) is 6.07 Å². The number of rotatable bonds is 5. The molecule has 0 atom stereocenters. The van der Waals surface area contributed by atoms with Gasteiger partial charge in [0.15, 0.2) is 0 Å². The van der Waals surface area contributed by atoms with Crippen molar-refractivity contribution in [2.24, 2.45) is 0 Å². The molecule has 0 amide bonds. The van der Waals surface area contributed by atoms with E-state index < -0.39 is 0 Å². The molecule has 0 radical (unpaired) electrons. The van der Waals surface area contributed by atoms with Crippen LogP contribution in [0.5, 0.6) is 0 Å². The number of hydrogen-bond acceptors (Lipinski definition) is 3. The zero-order valence-corrected chi connectivity index (χ0v) is 10.3. The monoisotopic (exact) mass is 238 g/mol. The zero-order valence-electron chi connectivity index (χ0n) is 9.53. The molecular weight excluding hydrogens is 224 g/mol. The van der Waals surface area contributed by atoms with Crippen molar-refractivity contribution in [2.45, 2.75) is 6.92 Å². The van der Waals surface area contributed by atoms with E-state index in [9.17, 15) is 0 Å². The van der Waals surface area contributed by atoms with E-state index in [2.05, 4.69) is 11.0 Å². The number of methoxy groups -OCH3 is 1. The van der Waals surface area contributed by atoms with Gasteiger partial charge in [0.2, 0.25) is 0 Å². The molecule has 0 aliphatic heterocycles. The summed E-state index contributed by atoms with van der Waals surface area (Å²) in [5, 5.41) is 9.57. The average molecular weight is 239 g/mol. The topological polar surface area (TPSA) is 36.3 Å². The minimum Gasteiger partial charge on any atom is -0.383 e. The molecule has 86 valence electrons. The second-order valence-electron chi connectivity index (χ2n) is 3.32. The smallest absolute Gasteiger partial charge is 0.103 e. The minimum absolute atomic E-state index is 0.496. The lowest BCUT2D eigenvalue weighted by molar-refractivity contribution is 0.205. The van der Waals surface area contributed by atoms with E-state index in [0.29, 0.717) is 17.2 Å². The van der Waals surface area contributed by atoms with Crippen LogP contribution in [0.15, 0.2) is 18.2 Å². The number of ether oxygens (including phenoxy) is 1. The highest BCUT2D eigenvalue weighted by Crippen LogP contribution is 2.26. The van der Waals surface area contributed by atoms with Crippen LogP contribution >= 0.6 is 11.6 Å². The molecule has 0 saturated heterocycles. The van der Waals surface area contributed by atoms with Crippen molar-refractivity contribution < 1.29 is 4.74 Å². The maximum atomic E-state index is 9.08. The Morgan fingerprint density at radius 3 is 2.81 bits per heavy atom. The number of likely N-dealkylation sites (N-methyl/N-ethyl adjacent to an activating group) is 1. The maximum absolute atomic E-state index is 9.08. The molecule has 0 aliphatic carbocycles. The van der Waals surface area contributed by atoms with E-state index in [1.54, 1.807) is 13.2 Å². The summed E-state index contributed by atoms with van der Waals surface area (Å²) in [6.07, 6.45) is 0. The van der Waals surface area contributed by atoms with E-state index in [1.807, 2.05) is 19.1 Å². The highest BCUT2D eigenvalue weighted by atomic mass is 35.5. The molecule has 0 spiro atoms. The van der Waals surface area contributed by atoms with Crippen LogP contribution in [0.4, 0.5) is 5.69 Å². The van der Waals surface area contributed by atoms with Crippen LogP contribution in [0.1, 0.15) is 12.5 Å². The number of benzene rings is 1. The van der Waals surface area contributed by atoms with Crippen LogP contribution in [-0.4, -0.2) is 26.8 Å². The number of halogens is 1. The van der Waals surface area contributed by atoms with Gasteiger partial charge in [0, 0.05) is 20.2 Å². The van der Waals surface area contributed by atoms with Gasteiger partial charge in [-0.1, -0.05) is 17.7 Å². The van der Waals surface area contributed by atoms with Gasteiger partial charge in [-0.25, -0.2) is 0 Å². The Labute approximate surface area is 101 Å². The highest BCUT2D eigenvalue weighted by Gasteiger charge is 2.11. The maximum Gasteiger partial charge on any atom is 0.103 e. The Morgan fingerprint density at radius 1 is 1.50 bits per heavy atom. The van der Waals surface area contributed by atoms with Crippen molar-refractivity contribution >= 4 is 17.3 Å². The third kappa shape index (κ3) is 2.88. The molecule has 16 heavy (non-hydrogen) atoms. The van der Waals surface area contributed by atoms with E-state index >= 15 is 0 Å². The molecule has 1 rings (SSSR count). The van der Waals surface area contributed by atoms with Gasteiger partial charge in [0.05, 0.1) is 22.9 Å². The van der Waals surface area contributed by atoms with Gasteiger partial charge in [-0.05, 0) is 19.1 Å². The Kier molecular flexibility index (Phi) is 5.10. The summed E-state index contributed by atoms with van der Waals surface area (Å²) in [6, 6.07) is 7.63. The summed E-state index contributed by atoms with van der Waals surface area (Å²) in [7, 11) is 1.66. The number of nitriles is 1. The van der Waals surface area contributed by atoms with E-state index in [0.717, 1.165) is 18.8 Å². The fourth-order valence-corrected chi connectivity index (χ4v) is 1.75. The predicted molar refractivity (Wildman–Crippen MR) is 65.9 cm³/mol. The Morgan fingerprint density at radius 2 is 2.25 bits per heavy atom. The predicted octanol–water partition coefficient (Wildman–Crippen LogP) is 2.68. The third-order valence-corrected chi connectivity index (χ3v) is 2.71. The summed E-state index contributed by atoms with van der Waals surface area (Å²) >= 11 is 5.98. The zero-order chi connectivity index (χ0) is 12.0. The molecule has 0 saturated carbocycles. The molecule has 0 aliphatic rings. The van der Waals surface area contributed by atoms with Gasteiger partial charge in [-0.2, -0.15) is 5.26 Å². The van der Waals surface area contributed by atoms with Crippen LogP contribution in [0.3, 0.4) is 0 Å². The summed E-state index contributed by atoms with van der Waals surface area (Å²) in [4.78, 5) is 2.08. The van der Waals surface area contributed by atoms with Crippen LogP contribution < -0.4 is 4.90 Å². The van der Waals surface area contributed by atoms with E-state index in [4.69, 9.17) is 21.6 Å². The lowest BCUT2D eigenvalue weighted by Gasteiger charge is -2.24. The van der Waals surface area contributed by atoms with Crippen molar-refractivity contribution in [1.82, 2.24) is 0 Å². The van der Waals surface area contributed by atoms with Gasteiger partial charge in [0.25, 0.3) is 0 Å². The van der Waals surface area contributed by atoms with Crippen molar-refractivity contribution in [3.05, 3.63) is 28.8 Å². The van der Waals surface area contributed by atoms with Crippen LogP contribution in [0.2, 0.25) is 5.02 Å². The molecule has 0 N–H and O–H groups in total. The Bertz CT molecular complexity index is 387. The molecule has 1 aromatic carbocycles. The van der Waals surface area contributed by atoms with Crippen molar-refractivity contribution in [3.63, 3.8) is 0 Å². The normalized spacial score (nSPS) is 9.88. The molecule has 0 heterocycles. The van der Waals surface area contributed by atoms with Crippen molar-refractivity contribution in [2.75, 3.05) is 31.7 Å². The quantitative estimate of drug-likeness (QED) is 0.791. The fraction of sp³-hybridized carbons (Fsp3) is 0.417. The number of hydrogen-bond donors (Lipinski definition) is 0. The van der Waals surface area contributed by atoms with Gasteiger partial charge in [-0.3, -0.25) is 0 Å². The highest BCUT2D eigenvalue weighted by molar-refractivity contribution is 6.32. The molecule has 3 nitrogen and oxygen atoms in total. The first kappa shape index (κ1) is 12.8. The summed E-state index contributed by atoms with van der Waals surface area (Å²) in [5.74, 6) is 0. The third-order valence-electron chi connectivity index (χ3n) is 2.39. The molecular formula is C12H15ClN2O. The second kappa shape index (κ2) is 6.37. The Hall–Kier alpha value is -1.24. The molecule has 0 bridgehead atoms. The summed E-state index contributed by atoms with van der Waals surface area (Å²) in [5.41, 5.74) is 1.40. The Balaban J connectivity index is 3.00. The van der Waals surface area contributed by atoms with E-state index in [1.165, 1.54) is 0 Å². The molecule has 1 aromatic rings. The lowest BCUT2D eigenvalue weighted by atomic mass is 10.1. The average Bonchev–Trinajstić information content (AvgIpc) is 2.30. The second-order valence-corrected chi connectivity index (χ2v) is 3.73. The minimum atomic E-state index is 0.496. The lowest BCUT2D eigenvalue weighted by Crippen LogP contribution is -2.27. The van der Waals surface area contributed by atoms with Gasteiger partial charge in [-0.15, -0.1) is 0 Å². The standard InChI is InChI=1S/C12H15ClN2O/c1-3-15(7-8-16-2)12-6-4-5-11(13)10(12)9-14/h4-6H,3,7-8H2,1-2H3. The van der Waals surface area contributed by atoms with E-state index in [-0.39, 0.29) is 0 Å². The van der Waals surface area contributed by atoms with Crippen LogP contribution in [0, 0.1) is 11.3 Å². The number of nitrogens with zero attached hydrogens (tertiary/aromatic N) is 2. The molecule has 0 fully saturated rings. The molecule has 0 aromatic heterocycles. The first-order valence-electron chi connectivity index (χ1n) is 5.17. The van der Waals surface area contributed by atoms with Crippen LogP contribution in [0.25, 0.3) is 0 Å². The number of anilines is 1. The van der Waals surface area contributed by atoms with Gasteiger partial charge in [0.1, 0.15) is 6.07 Å². The van der Waals surface area contributed by atoms with Gasteiger partial charge < -0.3 is 9.64 Å². The largest absolute Gasteiger partial charge is 0.383 e. The summed E-state index contributed by atoms with van der Waals surface area (Å²) < 4.78 is 5.04. The first-order chi connectivity index (χ1) is 7.74. The first-order valence-corrected chi connectivity index (χ1v) is 5.54. The summed E-state index contributed by atoms with van der Waals surface area (Å²) in [6.45, 7) is 4.24. The van der Waals surface area contributed by atoms with Gasteiger partial charge >= 0.3 is 0 Å².